The molecule has 0 radical (unpaired) electrons. The smallest absolute Gasteiger partial charge is 0.328 e. The first kappa shape index (κ1) is 38.3. The SMILES string of the molecule is CCC(=O)N[C@@H](CC(C)C)C(=O)O[C@H]1CC[C@]2(C)[C@H]3CC[C@]4(C)[C@@H]([C@H](C)CCCC(C)C)CC[C@H]4[C@@H]3C[C@@H](NCCc3cnc[nH]3)[C@@]2(O)C1. The molecule has 4 saturated carbocycles. The number of carbonyl (C=O) groups is 2. The quantitative estimate of drug-likeness (QED) is 0.142. The second-order valence-electron chi connectivity index (χ2n) is 18.2. The van der Waals surface area contributed by atoms with Crippen LogP contribution in [-0.2, 0) is 20.7 Å². The van der Waals surface area contributed by atoms with Gasteiger partial charge in [-0.2, -0.15) is 0 Å². The highest BCUT2D eigenvalue weighted by Crippen LogP contribution is 2.69. The zero-order chi connectivity index (χ0) is 35.6. The van der Waals surface area contributed by atoms with Gasteiger partial charge >= 0.3 is 5.97 Å². The van der Waals surface area contributed by atoms with E-state index in [0.717, 1.165) is 55.7 Å². The third kappa shape index (κ3) is 7.95. The first-order valence-corrected chi connectivity index (χ1v) is 20.1. The molecular weight excluding hydrogens is 612 g/mol. The van der Waals surface area contributed by atoms with Gasteiger partial charge in [0.15, 0.2) is 0 Å². The number of imidazole rings is 1. The van der Waals surface area contributed by atoms with Crippen LogP contribution in [0.15, 0.2) is 12.5 Å². The van der Waals surface area contributed by atoms with Crippen LogP contribution < -0.4 is 10.6 Å². The van der Waals surface area contributed by atoms with Crippen LogP contribution in [0, 0.1) is 52.3 Å². The van der Waals surface area contributed by atoms with Crippen molar-refractivity contribution in [1.29, 1.82) is 0 Å². The van der Waals surface area contributed by atoms with Gasteiger partial charge in [0.25, 0.3) is 0 Å². The highest BCUT2D eigenvalue weighted by atomic mass is 16.5. The Morgan fingerprint density at radius 2 is 1.82 bits per heavy atom. The Balaban J connectivity index is 1.36. The summed E-state index contributed by atoms with van der Waals surface area (Å²) >= 11 is 0. The van der Waals surface area contributed by atoms with Gasteiger partial charge in [0.1, 0.15) is 12.1 Å². The van der Waals surface area contributed by atoms with E-state index < -0.39 is 11.6 Å². The minimum atomic E-state index is -0.999. The minimum absolute atomic E-state index is 0.0840. The molecule has 278 valence electrons. The van der Waals surface area contributed by atoms with E-state index in [9.17, 15) is 14.7 Å². The average Bonchev–Trinajstić information content (AvgIpc) is 3.69. The topological polar surface area (TPSA) is 116 Å². The molecule has 0 spiro atoms. The second-order valence-corrected chi connectivity index (χ2v) is 18.2. The van der Waals surface area contributed by atoms with Crippen LogP contribution in [0.2, 0.25) is 0 Å². The molecule has 11 atom stereocenters. The zero-order valence-corrected chi connectivity index (χ0v) is 32.2. The molecule has 1 aromatic rings. The molecule has 0 aromatic carbocycles. The number of fused-ring (bicyclic) bond motifs is 5. The molecule has 0 bridgehead atoms. The standard InChI is InChI=1S/C41H70N4O4/c1-9-37(46)45-35(21-27(4)5)38(47)49-30-15-19-40(8)34-16-18-39(7)32(28(6)12-10-11-26(2)3)13-14-33(39)31(34)22-36(41(40,48)23-30)43-20-17-29-24-42-25-44-29/h24-28,30-36,43,48H,9-23H2,1-8H3,(H,42,44)(H,45,46)/t28-,30+,31+,32-,33+,34+,35+,36-,39-,40-,41+/m1/s1. The van der Waals surface area contributed by atoms with Crippen molar-refractivity contribution in [2.75, 3.05) is 6.54 Å². The summed E-state index contributed by atoms with van der Waals surface area (Å²) in [6.07, 6.45) is 17.0. The van der Waals surface area contributed by atoms with Crippen LogP contribution in [0.25, 0.3) is 0 Å². The number of aliphatic hydroxyl groups is 1. The molecule has 4 fully saturated rings. The van der Waals surface area contributed by atoms with Gasteiger partial charge in [-0.15, -0.1) is 0 Å². The van der Waals surface area contributed by atoms with E-state index >= 15 is 0 Å². The molecule has 8 heteroatoms. The van der Waals surface area contributed by atoms with Crippen LogP contribution in [0.5, 0.6) is 0 Å². The lowest BCUT2D eigenvalue weighted by atomic mass is 9.42. The second kappa shape index (κ2) is 15.8. The Labute approximate surface area is 297 Å². The van der Waals surface area contributed by atoms with Crippen molar-refractivity contribution in [3.63, 3.8) is 0 Å². The first-order chi connectivity index (χ1) is 23.2. The minimum Gasteiger partial charge on any atom is -0.461 e. The van der Waals surface area contributed by atoms with E-state index in [1.54, 1.807) is 13.3 Å². The van der Waals surface area contributed by atoms with Crippen molar-refractivity contribution in [2.45, 2.75) is 169 Å². The number of nitrogens with one attached hydrogen (secondary N) is 3. The van der Waals surface area contributed by atoms with E-state index in [2.05, 4.69) is 69.1 Å². The molecule has 0 unspecified atom stereocenters. The molecule has 8 nitrogen and oxygen atoms in total. The van der Waals surface area contributed by atoms with Crippen molar-refractivity contribution < 1.29 is 19.4 Å². The number of rotatable bonds is 15. The van der Waals surface area contributed by atoms with Crippen molar-refractivity contribution in [3.8, 4) is 0 Å². The number of carbonyl (C=O) groups excluding carboxylic acids is 2. The molecule has 1 amide bonds. The average molecular weight is 683 g/mol. The molecule has 5 rings (SSSR count). The van der Waals surface area contributed by atoms with Gasteiger partial charge in [-0.3, -0.25) is 4.79 Å². The number of ether oxygens (including phenoxy) is 1. The summed E-state index contributed by atoms with van der Waals surface area (Å²) in [6, 6.07) is -0.743. The van der Waals surface area contributed by atoms with Crippen molar-refractivity contribution in [2.24, 2.45) is 52.3 Å². The number of hydrogen-bond acceptors (Lipinski definition) is 6. The third-order valence-electron chi connectivity index (χ3n) is 14.3. The van der Waals surface area contributed by atoms with E-state index in [-0.39, 0.29) is 35.4 Å². The van der Waals surface area contributed by atoms with Crippen molar-refractivity contribution in [1.82, 2.24) is 20.6 Å². The summed E-state index contributed by atoms with van der Waals surface area (Å²) in [5, 5.41) is 19.9. The summed E-state index contributed by atoms with van der Waals surface area (Å²) < 4.78 is 6.22. The molecule has 4 aliphatic carbocycles. The van der Waals surface area contributed by atoms with E-state index in [4.69, 9.17) is 4.74 Å². The number of aromatic amines is 1. The molecular formula is C41H70N4O4. The summed E-state index contributed by atoms with van der Waals surface area (Å²) in [5.41, 5.74) is 0.195. The Kier molecular flexibility index (Phi) is 12.3. The molecule has 1 aromatic heterocycles. The lowest BCUT2D eigenvalue weighted by molar-refractivity contribution is -0.237. The van der Waals surface area contributed by atoms with E-state index in [0.29, 0.717) is 42.4 Å². The zero-order valence-electron chi connectivity index (χ0n) is 32.2. The number of hydrogen-bond donors (Lipinski definition) is 4. The molecule has 4 N–H and O–H groups in total. The summed E-state index contributed by atoms with van der Waals surface area (Å²) in [4.78, 5) is 33.3. The predicted octanol–water partition coefficient (Wildman–Crippen LogP) is 7.61. The molecule has 4 aliphatic rings. The summed E-state index contributed by atoms with van der Waals surface area (Å²) in [6.45, 7) is 18.9. The Morgan fingerprint density at radius 3 is 2.49 bits per heavy atom. The van der Waals surface area contributed by atoms with Gasteiger partial charge in [0.05, 0.1) is 11.9 Å². The van der Waals surface area contributed by atoms with Crippen LogP contribution >= 0.6 is 0 Å². The van der Waals surface area contributed by atoms with Gasteiger partial charge in [-0.25, -0.2) is 9.78 Å². The molecule has 0 saturated heterocycles. The number of nitrogens with zero attached hydrogens (tertiary/aromatic N) is 1. The Bertz CT molecular complexity index is 1240. The van der Waals surface area contributed by atoms with Gasteiger partial charge in [0, 0.05) is 49.2 Å². The highest BCUT2D eigenvalue weighted by molar-refractivity contribution is 5.84. The van der Waals surface area contributed by atoms with Gasteiger partial charge < -0.3 is 25.5 Å². The Hall–Kier alpha value is -1.93. The van der Waals surface area contributed by atoms with Gasteiger partial charge in [-0.05, 0) is 98.2 Å². The Morgan fingerprint density at radius 1 is 1.04 bits per heavy atom. The predicted molar refractivity (Wildman–Crippen MR) is 196 cm³/mol. The fourth-order valence-corrected chi connectivity index (χ4v) is 11.7. The van der Waals surface area contributed by atoms with Gasteiger partial charge in [-0.1, -0.05) is 74.7 Å². The number of H-pyrrole nitrogens is 1. The maximum Gasteiger partial charge on any atom is 0.328 e. The van der Waals surface area contributed by atoms with E-state index in [1.807, 2.05) is 6.20 Å². The number of amides is 1. The molecule has 1 heterocycles. The van der Waals surface area contributed by atoms with E-state index in [1.165, 1.54) is 44.9 Å². The normalized spacial score (nSPS) is 36.9. The van der Waals surface area contributed by atoms with Crippen LogP contribution in [0.4, 0.5) is 0 Å². The third-order valence-corrected chi connectivity index (χ3v) is 14.3. The maximum absolute atomic E-state index is 13.6. The summed E-state index contributed by atoms with van der Waals surface area (Å²) in [5.74, 6) is 3.80. The lowest BCUT2D eigenvalue weighted by Gasteiger charge is -2.66. The van der Waals surface area contributed by atoms with Crippen LogP contribution in [0.1, 0.15) is 145 Å². The number of aromatic nitrogens is 2. The van der Waals surface area contributed by atoms with Crippen LogP contribution in [-0.4, -0.2) is 57.3 Å². The molecule has 0 aliphatic heterocycles. The fraction of sp³-hybridized carbons (Fsp3) is 0.878. The van der Waals surface area contributed by atoms with Gasteiger partial charge in [0.2, 0.25) is 5.91 Å². The monoisotopic (exact) mass is 683 g/mol. The highest BCUT2D eigenvalue weighted by Gasteiger charge is 2.67. The van der Waals surface area contributed by atoms with Crippen molar-refractivity contribution >= 4 is 11.9 Å². The lowest BCUT2D eigenvalue weighted by Crippen LogP contribution is -2.71. The molecule has 49 heavy (non-hydrogen) atoms. The maximum atomic E-state index is 13.6. The van der Waals surface area contributed by atoms with Crippen LogP contribution in [0.3, 0.4) is 0 Å². The van der Waals surface area contributed by atoms with Crippen molar-refractivity contribution in [3.05, 3.63) is 18.2 Å². The fourth-order valence-electron chi connectivity index (χ4n) is 11.7. The number of esters is 1. The largest absolute Gasteiger partial charge is 0.461 e. The summed E-state index contributed by atoms with van der Waals surface area (Å²) in [7, 11) is 0. The first-order valence-electron chi connectivity index (χ1n) is 20.1.